The maximum atomic E-state index is 12.0. The number of nitrogens with zero attached hydrogens (tertiary/aromatic N) is 1. The van der Waals surface area contributed by atoms with Crippen molar-refractivity contribution in [3.8, 4) is 11.5 Å². The zero-order chi connectivity index (χ0) is 17.9. The van der Waals surface area contributed by atoms with Gasteiger partial charge in [0.2, 0.25) is 0 Å². The van der Waals surface area contributed by atoms with E-state index >= 15 is 0 Å². The summed E-state index contributed by atoms with van der Waals surface area (Å²) < 4.78 is 29.6. The van der Waals surface area contributed by atoms with Crippen molar-refractivity contribution in [1.29, 1.82) is 0 Å². The normalized spacial score (nSPS) is 10.9. The summed E-state index contributed by atoms with van der Waals surface area (Å²) in [5, 5.41) is 0.438. The molecule has 126 valence electrons. The monoisotopic (exact) mass is 367 g/mol. The van der Waals surface area contributed by atoms with Crippen LogP contribution in [-0.2, 0) is 9.84 Å². The summed E-state index contributed by atoms with van der Waals surface area (Å²) in [6, 6.07) is 10.3. The topological polar surface area (TPSA) is 125 Å². The second kappa shape index (κ2) is 6.90. The summed E-state index contributed by atoms with van der Waals surface area (Å²) >= 11 is 5.87. The fourth-order valence-electron chi connectivity index (χ4n) is 1.85. The van der Waals surface area contributed by atoms with Crippen molar-refractivity contribution >= 4 is 33.3 Å². The van der Waals surface area contributed by atoms with Crippen LogP contribution >= 0.6 is 11.6 Å². The van der Waals surface area contributed by atoms with Crippen molar-refractivity contribution in [3.05, 3.63) is 53.1 Å². The van der Waals surface area contributed by atoms with E-state index in [4.69, 9.17) is 27.8 Å². The van der Waals surface area contributed by atoms with Crippen LogP contribution in [0.2, 0.25) is 5.02 Å². The number of rotatable bonds is 4. The molecule has 4 N–H and O–H groups in total. The van der Waals surface area contributed by atoms with E-state index in [1.54, 1.807) is 18.2 Å². The number of carbonyl (C=O) groups excluding carboxylic acids is 1. The minimum atomic E-state index is -3.67. The van der Waals surface area contributed by atoms with Crippen molar-refractivity contribution in [2.45, 2.75) is 4.90 Å². The van der Waals surface area contributed by atoms with Gasteiger partial charge in [0.15, 0.2) is 15.8 Å². The number of aliphatic imine (C=N–C) groups is 1. The Morgan fingerprint density at radius 1 is 1.17 bits per heavy atom. The molecule has 0 saturated heterocycles. The van der Waals surface area contributed by atoms with E-state index in [0.29, 0.717) is 10.8 Å². The highest BCUT2D eigenvalue weighted by Gasteiger charge is 2.18. The van der Waals surface area contributed by atoms with E-state index in [2.05, 4.69) is 4.99 Å². The van der Waals surface area contributed by atoms with E-state index in [-0.39, 0.29) is 16.2 Å². The number of carbonyl (C=O) groups is 1. The zero-order valence-electron chi connectivity index (χ0n) is 12.6. The lowest BCUT2D eigenvalue weighted by atomic mass is 10.2. The van der Waals surface area contributed by atoms with Gasteiger partial charge in [0, 0.05) is 16.8 Å². The molecule has 0 radical (unpaired) electrons. The van der Waals surface area contributed by atoms with Crippen LogP contribution in [-0.4, -0.2) is 26.5 Å². The molecular formula is C15H14ClN3O4S. The minimum absolute atomic E-state index is 0.0160. The van der Waals surface area contributed by atoms with Gasteiger partial charge in [0.05, 0.1) is 0 Å². The number of ether oxygens (including phenoxy) is 1. The maximum Gasteiger partial charge on any atom is 0.280 e. The quantitative estimate of drug-likeness (QED) is 0.628. The smallest absolute Gasteiger partial charge is 0.280 e. The third-order valence-corrected chi connectivity index (χ3v) is 4.20. The van der Waals surface area contributed by atoms with E-state index in [9.17, 15) is 13.2 Å². The molecule has 0 aliphatic rings. The first-order valence-electron chi connectivity index (χ1n) is 6.58. The van der Waals surface area contributed by atoms with Crippen molar-refractivity contribution in [1.82, 2.24) is 0 Å². The lowest BCUT2D eigenvalue weighted by molar-refractivity contribution is 0.100. The first kappa shape index (κ1) is 17.8. The number of guanidine groups is 1. The third-order valence-electron chi connectivity index (χ3n) is 2.84. The van der Waals surface area contributed by atoms with Gasteiger partial charge in [-0.1, -0.05) is 17.7 Å². The van der Waals surface area contributed by atoms with E-state index in [1.165, 1.54) is 18.2 Å². The van der Waals surface area contributed by atoms with Crippen molar-refractivity contribution in [2.75, 3.05) is 6.26 Å². The van der Waals surface area contributed by atoms with Crippen molar-refractivity contribution in [2.24, 2.45) is 16.5 Å². The number of amides is 1. The summed E-state index contributed by atoms with van der Waals surface area (Å²) in [5.41, 5.74) is 10.3. The molecule has 0 spiro atoms. The molecule has 0 saturated carbocycles. The maximum absolute atomic E-state index is 12.0. The Morgan fingerprint density at radius 3 is 2.46 bits per heavy atom. The largest absolute Gasteiger partial charge is 0.456 e. The summed E-state index contributed by atoms with van der Waals surface area (Å²) in [4.78, 5) is 15.1. The Kier molecular flexibility index (Phi) is 5.10. The van der Waals surface area contributed by atoms with Gasteiger partial charge in [-0.25, -0.2) is 8.42 Å². The molecule has 1 amide bonds. The van der Waals surface area contributed by atoms with E-state index < -0.39 is 21.7 Å². The minimum Gasteiger partial charge on any atom is -0.456 e. The number of sulfone groups is 1. The molecule has 2 aromatic rings. The molecule has 0 aliphatic heterocycles. The summed E-state index contributed by atoms with van der Waals surface area (Å²) in [7, 11) is -3.67. The van der Waals surface area contributed by atoms with Crippen LogP contribution in [0.5, 0.6) is 11.5 Å². The second-order valence-corrected chi connectivity index (χ2v) is 7.26. The Labute approximate surface area is 143 Å². The SMILES string of the molecule is CS(=O)(=O)c1cc(C(=O)N=C(N)N)ccc1Oc1cccc(Cl)c1. The molecule has 0 heterocycles. The van der Waals surface area contributed by atoms with Crippen LogP contribution in [0.3, 0.4) is 0 Å². The first-order valence-corrected chi connectivity index (χ1v) is 8.85. The highest BCUT2D eigenvalue weighted by molar-refractivity contribution is 7.90. The molecule has 0 atom stereocenters. The van der Waals surface area contributed by atoms with Crippen LogP contribution in [0.4, 0.5) is 0 Å². The molecule has 0 aliphatic carbocycles. The number of halogens is 1. The van der Waals surface area contributed by atoms with Crippen LogP contribution in [0.15, 0.2) is 52.4 Å². The summed E-state index contributed by atoms with van der Waals surface area (Å²) in [6.45, 7) is 0. The lowest BCUT2D eigenvalue weighted by Gasteiger charge is -2.11. The molecule has 2 aromatic carbocycles. The van der Waals surface area contributed by atoms with E-state index in [0.717, 1.165) is 12.3 Å². The Balaban J connectivity index is 2.49. The average Bonchev–Trinajstić information content (AvgIpc) is 2.45. The fraction of sp³-hybridized carbons (Fsp3) is 0.0667. The Morgan fingerprint density at radius 2 is 1.88 bits per heavy atom. The van der Waals surface area contributed by atoms with Gasteiger partial charge in [-0.05, 0) is 36.4 Å². The molecule has 24 heavy (non-hydrogen) atoms. The lowest BCUT2D eigenvalue weighted by Crippen LogP contribution is -2.24. The molecular weight excluding hydrogens is 354 g/mol. The first-order chi connectivity index (χ1) is 11.2. The highest BCUT2D eigenvalue weighted by Crippen LogP contribution is 2.31. The van der Waals surface area contributed by atoms with Gasteiger partial charge in [-0.2, -0.15) is 4.99 Å². The van der Waals surface area contributed by atoms with Crippen LogP contribution in [0.1, 0.15) is 10.4 Å². The molecule has 0 aromatic heterocycles. The van der Waals surface area contributed by atoms with Crippen molar-refractivity contribution in [3.63, 3.8) is 0 Å². The molecule has 2 rings (SSSR count). The van der Waals surface area contributed by atoms with Gasteiger partial charge in [-0.15, -0.1) is 0 Å². The summed E-state index contributed by atoms with van der Waals surface area (Å²) in [6.07, 6.45) is 1.00. The summed E-state index contributed by atoms with van der Waals surface area (Å²) in [5.74, 6) is -0.758. The Bertz CT molecular complexity index is 922. The third kappa shape index (κ3) is 4.46. The molecule has 0 unspecified atom stereocenters. The molecule has 0 bridgehead atoms. The van der Waals surface area contributed by atoms with Gasteiger partial charge in [-0.3, -0.25) is 4.79 Å². The molecule has 9 heteroatoms. The van der Waals surface area contributed by atoms with Crippen LogP contribution in [0.25, 0.3) is 0 Å². The number of hydrogen-bond acceptors (Lipinski definition) is 4. The Hall–Kier alpha value is -2.58. The van der Waals surface area contributed by atoms with Crippen LogP contribution in [0, 0.1) is 0 Å². The second-order valence-electron chi connectivity index (χ2n) is 4.83. The van der Waals surface area contributed by atoms with Crippen molar-refractivity contribution < 1.29 is 17.9 Å². The highest BCUT2D eigenvalue weighted by atomic mass is 35.5. The standard InChI is InChI=1S/C15H14ClN3O4S/c1-24(21,22)13-7-9(14(20)19-15(17)18)5-6-12(13)23-11-4-2-3-10(16)8-11/h2-8H,1H3,(H4,17,18,19,20). The molecule has 7 nitrogen and oxygen atoms in total. The van der Waals surface area contributed by atoms with Crippen LogP contribution < -0.4 is 16.2 Å². The average molecular weight is 368 g/mol. The number of nitrogens with two attached hydrogens (primary N) is 2. The van der Waals surface area contributed by atoms with E-state index in [1.807, 2.05) is 0 Å². The zero-order valence-corrected chi connectivity index (χ0v) is 14.1. The predicted molar refractivity (Wildman–Crippen MR) is 91.2 cm³/mol. The van der Waals surface area contributed by atoms with Gasteiger partial charge in [0.1, 0.15) is 16.4 Å². The van der Waals surface area contributed by atoms with Gasteiger partial charge in [0.25, 0.3) is 5.91 Å². The van der Waals surface area contributed by atoms with Gasteiger partial charge < -0.3 is 16.2 Å². The fourth-order valence-corrected chi connectivity index (χ4v) is 2.85. The number of hydrogen-bond donors (Lipinski definition) is 2. The molecule has 0 fully saturated rings. The van der Waals surface area contributed by atoms with Gasteiger partial charge >= 0.3 is 0 Å². The predicted octanol–water partition coefficient (Wildman–Crippen LogP) is 1.95. The number of benzene rings is 2.